The maximum absolute atomic E-state index is 10.9. The lowest BCUT2D eigenvalue weighted by Gasteiger charge is -1.87. The van der Waals surface area contributed by atoms with Crippen LogP contribution in [0.25, 0.3) is 0 Å². The van der Waals surface area contributed by atoms with Gasteiger partial charge in [0.25, 0.3) is 0 Å². The first-order valence-electron chi connectivity index (χ1n) is 3.22. The highest BCUT2D eigenvalue weighted by Crippen LogP contribution is 2.38. The van der Waals surface area contributed by atoms with Gasteiger partial charge in [-0.1, -0.05) is 12.8 Å². The monoisotopic (exact) mass is 122 g/mol. The fourth-order valence-corrected chi connectivity index (χ4v) is 1.00. The summed E-state index contributed by atoms with van der Waals surface area (Å²) in [6.07, 6.45) is 6.35. The summed E-state index contributed by atoms with van der Waals surface area (Å²) < 4.78 is 0. The van der Waals surface area contributed by atoms with Gasteiger partial charge in [0.2, 0.25) is 0 Å². The molecular weight excluding hydrogens is 112 g/mol. The summed E-state index contributed by atoms with van der Waals surface area (Å²) in [5.41, 5.74) is 0. The molecule has 9 heavy (non-hydrogen) atoms. The molecular formula is C8H10O. The minimum absolute atomic E-state index is 0.255. The van der Waals surface area contributed by atoms with Crippen LogP contribution in [-0.4, -0.2) is 5.78 Å². The molecule has 0 aromatic rings. The molecule has 0 amide bonds. The van der Waals surface area contributed by atoms with Crippen molar-refractivity contribution in [1.29, 1.82) is 0 Å². The molecule has 0 aliphatic heterocycles. The molecule has 0 spiro atoms. The van der Waals surface area contributed by atoms with Crippen molar-refractivity contribution in [2.75, 3.05) is 0 Å². The van der Waals surface area contributed by atoms with Gasteiger partial charge in [-0.3, -0.25) is 4.79 Å². The van der Waals surface area contributed by atoms with Gasteiger partial charge in [-0.2, -0.15) is 0 Å². The van der Waals surface area contributed by atoms with E-state index >= 15 is 0 Å². The average molecular weight is 122 g/mol. The lowest BCUT2D eigenvalue weighted by molar-refractivity contribution is -0.119. The molecule has 0 bridgehead atoms. The number of hydrogen-bond acceptors (Lipinski definition) is 1. The highest BCUT2D eigenvalue weighted by molar-refractivity contribution is 5.85. The predicted octanol–water partition coefficient (Wildman–Crippen LogP) is 1.23. The Morgan fingerprint density at radius 1 is 1.89 bits per heavy atom. The molecule has 0 saturated heterocycles. The fraction of sp³-hybridized carbons (Fsp3) is 0.625. The van der Waals surface area contributed by atoms with E-state index < -0.39 is 0 Å². The van der Waals surface area contributed by atoms with Gasteiger partial charge in [-0.25, -0.2) is 0 Å². The van der Waals surface area contributed by atoms with E-state index in [9.17, 15) is 4.79 Å². The van der Waals surface area contributed by atoms with Crippen molar-refractivity contribution >= 4 is 5.78 Å². The second kappa shape index (κ2) is 2.23. The number of Topliss-reactive ketones (excluding diaryl/α,β-unsaturated/α-hetero) is 1. The Kier molecular flexibility index (Phi) is 1.57. The van der Waals surface area contributed by atoms with Crippen LogP contribution in [0.15, 0.2) is 0 Å². The van der Waals surface area contributed by atoms with E-state index in [4.69, 9.17) is 6.42 Å². The molecule has 1 aliphatic rings. The Hall–Kier alpha value is -0.770. The third-order valence-electron chi connectivity index (χ3n) is 1.80. The first-order chi connectivity index (χ1) is 4.25. The van der Waals surface area contributed by atoms with Crippen molar-refractivity contribution in [3.63, 3.8) is 0 Å². The standard InChI is InChI=1S/C8H10O/c1-3-4-8(9)7-5-6(7)2/h1,6-7H,4-5H2,2H3. The Labute approximate surface area is 55.4 Å². The fourth-order valence-electron chi connectivity index (χ4n) is 1.00. The van der Waals surface area contributed by atoms with Gasteiger partial charge in [-0.15, -0.1) is 6.42 Å². The highest BCUT2D eigenvalue weighted by Gasteiger charge is 2.37. The van der Waals surface area contributed by atoms with Gasteiger partial charge in [0, 0.05) is 5.92 Å². The Morgan fingerprint density at radius 3 is 2.78 bits per heavy atom. The largest absolute Gasteiger partial charge is 0.298 e. The van der Waals surface area contributed by atoms with Crippen molar-refractivity contribution in [2.45, 2.75) is 19.8 Å². The van der Waals surface area contributed by atoms with Crippen LogP contribution in [0, 0.1) is 24.2 Å². The molecule has 1 saturated carbocycles. The Balaban J connectivity index is 2.30. The summed E-state index contributed by atoms with van der Waals surface area (Å²) in [5, 5.41) is 0. The average Bonchev–Trinajstić information content (AvgIpc) is 2.47. The van der Waals surface area contributed by atoms with Crippen molar-refractivity contribution in [1.82, 2.24) is 0 Å². The van der Waals surface area contributed by atoms with Crippen LogP contribution in [0.2, 0.25) is 0 Å². The minimum Gasteiger partial charge on any atom is -0.298 e. The normalized spacial score (nSPS) is 31.1. The molecule has 1 rings (SSSR count). The van der Waals surface area contributed by atoms with Crippen molar-refractivity contribution in [3.05, 3.63) is 0 Å². The first kappa shape index (κ1) is 6.35. The van der Waals surface area contributed by atoms with Crippen LogP contribution in [-0.2, 0) is 4.79 Å². The molecule has 0 aromatic heterocycles. The number of rotatable bonds is 2. The van der Waals surface area contributed by atoms with E-state index in [1.54, 1.807) is 0 Å². The van der Waals surface area contributed by atoms with E-state index in [2.05, 4.69) is 12.8 Å². The molecule has 2 unspecified atom stereocenters. The quantitative estimate of drug-likeness (QED) is 0.503. The zero-order valence-electron chi connectivity index (χ0n) is 5.55. The van der Waals surface area contributed by atoms with Gasteiger partial charge < -0.3 is 0 Å². The molecule has 2 atom stereocenters. The van der Waals surface area contributed by atoms with Gasteiger partial charge in [0.1, 0.15) is 5.78 Å². The van der Waals surface area contributed by atoms with Gasteiger partial charge in [-0.05, 0) is 12.3 Å². The summed E-state index contributed by atoms with van der Waals surface area (Å²) in [7, 11) is 0. The second-order valence-corrected chi connectivity index (χ2v) is 2.67. The maximum Gasteiger partial charge on any atom is 0.148 e. The number of carbonyl (C=O) groups excluding carboxylic acids is 1. The summed E-state index contributed by atoms with van der Waals surface area (Å²) >= 11 is 0. The van der Waals surface area contributed by atoms with Crippen LogP contribution >= 0.6 is 0 Å². The zero-order chi connectivity index (χ0) is 6.85. The second-order valence-electron chi connectivity index (χ2n) is 2.67. The van der Waals surface area contributed by atoms with Crippen molar-refractivity contribution in [2.24, 2.45) is 11.8 Å². The van der Waals surface area contributed by atoms with Crippen molar-refractivity contribution in [3.8, 4) is 12.3 Å². The maximum atomic E-state index is 10.9. The number of terminal acetylenes is 1. The third-order valence-corrected chi connectivity index (χ3v) is 1.80. The van der Waals surface area contributed by atoms with Gasteiger partial charge >= 0.3 is 0 Å². The molecule has 48 valence electrons. The minimum atomic E-state index is 0.255. The van der Waals surface area contributed by atoms with Crippen molar-refractivity contribution < 1.29 is 4.79 Å². The van der Waals surface area contributed by atoms with Gasteiger partial charge in [0.05, 0.1) is 6.42 Å². The SMILES string of the molecule is C#CCC(=O)C1CC1C. The summed E-state index contributed by atoms with van der Waals surface area (Å²) in [6.45, 7) is 2.08. The van der Waals surface area contributed by atoms with E-state index in [-0.39, 0.29) is 5.78 Å². The van der Waals surface area contributed by atoms with Crippen LogP contribution in [0.3, 0.4) is 0 Å². The molecule has 1 aliphatic carbocycles. The summed E-state index contributed by atoms with van der Waals surface area (Å²) in [4.78, 5) is 10.9. The van der Waals surface area contributed by atoms with Crippen LogP contribution in [0.1, 0.15) is 19.8 Å². The number of hydrogen-bond donors (Lipinski definition) is 0. The highest BCUT2D eigenvalue weighted by atomic mass is 16.1. The van der Waals surface area contributed by atoms with E-state index in [0.29, 0.717) is 18.3 Å². The smallest absolute Gasteiger partial charge is 0.148 e. The lowest BCUT2D eigenvalue weighted by Crippen LogP contribution is -1.98. The topological polar surface area (TPSA) is 17.1 Å². The molecule has 0 heterocycles. The predicted molar refractivity (Wildman–Crippen MR) is 35.7 cm³/mol. The van der Waals surface area contributed by atoms with E-state index in [1.807, 2.05) is 0 Å². The Bertz CT molecular complexity index is 164. The van der Waals surface area contributed by atoms with E-state index in [1.165, 1.54) is 0 Å². The van der Waals surface area contributed by atoms with E-state index in [0.717, 1.165) is 6.42 Å². The molecule has 1 heteroatoms. The molecule has 0 aromatic carbocycles. The summed E-state index contributed by atoms with van der Waals surface area (Å²) in [5.74, 6) is 3.52. The first-order valence-corrected chi connectivity index (χ1v) is 3.22. The number of carbonyl (C=O) groups is 1. The van der Waals surface area contributed by atoms with Crippen LogP contribution < -0.4 is 0 Å². The molecule has 0 N–H and O–H groups in total. The molecule has 0 radical (unpaired) electrons. The van der Waals surface area contributed by atoms with Gasteiger partial charge in [0.15, 0.2) is 0 Å². The van der Waals surface area contributed by atoms with Crippen LogP contribution in [0.5, 0.6) is 0 Å². The Morgan fingerprint density at radius 2 is 2.44 bits per heavy atom. The number of ketones is 1. The lowest BCUT2D eigenvalue weighted by atomic mass is 10.2. The third kappa shape index (κ3) is 1.32. The zero-order valence-corrected chi connectivity index (χ0v) is 5.55. The summed E-state index contributed by atoms with van der Waals surface area (Å²) in [6, 6.07) is 0. The molecule has 1 nitrogen and oxygen atoms in total. The van der Waals surface area contributed by atoms with Crippen LogP contribution in [0.4, 0.5) is 0 Å². The molecule has 1 fully saturated rings.